The molecule has 26 heavy (non-hydrogen) atoms. The number of nitrogens with two attached hydrogens (primary N) is 1. The molecule has 7 heteroatoms. The number of aryl methyl sites for hydroxylation is 1. The van der Waals surface area contributed by atoms with E-state index >= 15 is 0 Å². The van der Waals surface area contributed by atoms with Crippen LogP contribution in [0.5, 0.6) is 0 Å². The van der Waals surface area contributed by atoms with Crippen molar-refractivity contribution in [2.24, 2.45) is 5.73 Å². The van der Waals surface area contributed by atoms with Gasteiger partial charge in [0, 0.05) is 18.5 Å². The topological polar surface area (TPSA) is 105 Å². The number of anilines is 1. The van der Waals surface area contributed by atoms with E-state index in [9.17, 15) is 0 Å². The Kier molecular flexibility index (Phi) is 4.28. The predicted molar refractivity (Wildman–Crippen MR) is 101 cm³/mol. The second kappa shape index (κ2) is 6.89. The molecule has 4 aromatic rings. The third kappa shape index (κ3) is 3.12. The Labute approximate surface area is 150 Å². The van der Waals surface area contributed by atoms with Crippen molar-refractivity contribution in [3.05, 3.63) is 65.5 Å². The van der Waals surface area contributed by atoms with Gasteiger partial charge in [0.05, 0.1) is 5.52 Å². The van der Waals surface area contributed by atoms with Crippen molar-refractivity contribution in [1.82, 2.24) is 25.1 Å². The summed E-state index contributed by atoms with van der Waals surface area (Å²) in [6.45, 7) is 2.93. The average Bonchev–Trinajstić information content (AvgIpc) is 3.11. The van der Waals surface area contributed by atoms with Crippen molar-refractivity contribution < 1.29 is 0 Å². The molecule has 2 aromatic heterocycles. The summed E-state index contributed by atoms with van der Waals surface area (Å²) in [6, 6.07) is 16.0. The van der Waals surface area contributed by atoms with E-state index in [1.165, 1.54) is 0 Å². The van der Waals surface area contributed by atoms with E-state index in [0.29, 0.717) is 36.4 Å². The zero-order valence-corrected chi connectivity index (χ0v) is 14.4. The number of nitrogens with zero attached hydrogens (tertiary/aromatic N) is 4. The molecule has 4 N–H and O–H groups in total. The average molecular weight is 345 g/mol. The minimum atomic E-state index is 0.444. The monoisotopic (exact) mass is 345 g/mol. The highest BCUT2D eigenvalue weighted by molar-refractivity contribution is 5.93. The molecule has 2 heterocycles. The molecule has 2 aromatic carbocycles. The van der Waals surface area contributed by atoms with Gasteiger partial charge in [-0.3, -0.25) is 5.10 Å². The third-order valence-electron chi connectivity index (χ3n) is 4.16. The predicted octanol–water partition coefficient (Wildman–Crippen LogP) is 2.79. The lowest BCUT2D eigenvalue weighted by atomic mass is 10.1. The molecule has 0 atom stereocenters. The lowest BCUT2D eigenvalue weighted by Crippen LogP contribution is -2.07. The Balaban J connectivity index is 1.68. The van der Waals surface area contributed by atoms with Gasteiger partial charge in [0.2, 0.25) is 5.95 Å². The van der Waals surface area contributed by atoms with Crippen molar-refractivity contribution in [2.75, 3.05) is 5.32 Å². The number of hydrogen-bond acceptors (Lipinski definition) is 6. The van der Waals surface area contributed by atoms with Crippen LogP contribution in [-0.2, 0) is 13.1 Å². The Bertz CT molecular complexity index is 1040. The molecule has 130 valence electrons. The Hall–Kier alpha value is -3.32. The number of para-hydroxylation sites is 1. The van der Waals surface area contributed by atoms with Crippen LogP contribution in [0.2, 0.25) is 0 Å². The van der Waals surface area contributed by atoms with Gasteiger partial charge in [-0.15, -0.1) is 0 Å². The largest absolute Gasteiger partial charge is 0.350 e. The summed E-state index contributed by atoms with van der Waals surface area (Å²) in [5.41, 5.74) is 9.59. The molecule has 0 saturated heterocycles. The number of H-pyrrole nitrogens is 1. The molecule has 0 bridgehead atoms. The molecule has 4 rings (SSSR count). The Morgan fingerprint density at radius 3 is 2.65 bits per heavy atom. The highest BCUT2D eigenvalue weighted by Gasteiger charge is 2.14. The van der Waals surface area contributed by atoms with E-state index in [1.807, 2.05) is 43.3 Å². The number of hydrogen-bond donors (Lipinski definition) is 3. The highest BCUT2D eigenvalue weighted by Crippen LogP contribution is 2.26. The second-order valence-corrected chi connectivity index (χ2v) is 5.99. The molecule has 0 aliphatic rings. The highest BCUT2D eigenvalue weighted by atomic mass is 15.2. The van der Waals surface area contributed by atoms with Crippen LogP contribution in [0.4, 0.5) is 5.95 Å². The summed E-state index contributed by atoms with van der Waals surface area (Å²) in [5.74, 6) is 1.70. The second-order valence-electron chi connectivity index (χ2n) is 5.99. The van der Waals surface area contributed by atoms with Crippen LogP contribution in [0.3, 0.4) is 0 Å². The van der Waals surface area contributed by atoms with E-state index in [-0.39, 0.29) is 0 Å². The molecule has 0 radical (unpaired) electrons. The van der Waals surface area contributed by atoms with Crippen LogP contribution in [0.1, 0.15) is 17.0 Å². The molecule has 0 aliphatic heterocycles. The zero-order valence-electron chi connectivity index (χ0n) is 14.4. The smallest absolute Gasteiger partial charge is 0.226 e. The number of benzene rings is 2. The van der Waals surface area contributed by atoms with Gasteiger partial charge >= 0.3 is 0 Å². The summed E-state index contributed by atoms with van der Waals surface area (Å²) in [6.07, 6.45) is 0. The van der Waals surface area contributed by atoms with Crippen molar-refractivity contribution in [3.8, 4) is 11.5 Å². The Morgan fingerprint density at radius 1 is 1.00 bits per heavy atom. The van der Waals surface area contributed by atoms with E-state index in [1.54, 1.807) is 0 Å². The lowest BCUT2D eigenvalue weighted by Gasteiger charge is -2.07. The van der Waals surface area contributed by atoms with Gasteiger partial charge in [-0.2, -0.15) is 15.1 Å². The van der Waals surface area contributed by atoms with E-state index in [2.05, 4.69) is 42.6 Å². The Morgan fingerprint density at radius 2 is 1.85 bits per heavy atom. The molecule has 0 aliphatic carbocycles. The van der Waals surface area contributed by atoms with Crippen molar-refractivity contribution in [2.45, 2.75) is 20.0 Å². The molecule has 0 spiro atoms. The van der Waals surface area contributed by atoms with Crippen LogP contribution >= 0.6 is 0 Å². The van der Waals surface area contributed by atoms with Gasteiger partial charge in [0.15, 0.2) is 5.82 Å². The van der Waals surface area contributed by atoms with E-state index in [4.69, 9.17) is 5.73 Å². The summed E-state index contributed by atoms with van der Waals surface area (Å²) >= 11 is 0. The first-order valence-electron chi connectivity index (χ1n) is 8.41. The fourth-order valence-electron chi connectivity index (χ4n) is 2.89. The summed E-state index contributed by atoms with van der Waals surface area (Å²) < 4.78 is 0. The van der Waals surface area contributed by atoms with Crippen molar-refractivity contribution in [3.63, 3.8) is 0 Å². The van der Waals surface area contributed by atoms with Gasteiger partial charge in [-0.05, 0) is 18.1 Å². The maximum atomic E-state index is 5.81. The first-order valence-corrected chi connectivity index (χ1v) is 8.41. The normalized spacial score (nSPS) is 11.0. The molecule has 0 unspecified atom stereocenters. The summed E-state index contributed by atoms with van der Waals surface area (Å²) in [5, 5.41) is 11.7. The quantitative estimate of drug-likeness (QED) is 0.514. The number of aromatic nitrogens is 5. The summed E-state index contributed by atoms with van der Waals surface area (Å²) in [7, 11) is 0. The lowest BCUT2D eigenvalue weighted by molar-refractivity contribution is 0.950. The number of nitrogens with one attached hydrogen (secondary N) is 2. The van der Waals surface area contributed by atoms with Gasteiger partial charge in [-0.25, -0.2) is 4.98 Å². The molecular weight excluding hydrogens is 326 g/mol. The fraction of sp³-hybridized carbons (Fsp3) is 0.158. The van der Waals surface area contributed by atoms with Crippen molar-refractivity contribution in [1.29, 1.82) is 0 Å². The van der Waals surface area contributed by atoms with Crippen LogP contribution in [0.15, 0.2) is 48.5 Å². The first-order chi connectivity index (χ1) is 12.7. The van der Waals surface area contributed by atoms with Crippen LogP contribution in [-0.4, -0.2) is 25.1 Å². The van der Waals surface area contributed by atoms with Crippen molar-refractivity contribution >= 4 is 16.9 Å². The maximum absolute atomic E-state index is 5.81. The number of aromatic amines is 1. The van der Waals surface area contributed by atoms with Gasteiger partial charge < -0.3 is 11.1 Å². The SMILES string of the molecule is Cc1nc(NCc2ccccc2)nc(-c2n[nH]c3c(CN)cccc23)n1. The number of rotatable bonds is 5. The van der Waals surface area contributed by atoms with E-state index in [0.717, 1.165) is 22.0 Å². The molecule has 0 amide bonds. The molecule has 7 nitrogen and oxygen atoms in total. The maximum Gasteiger partial charge on any atom is 0.226 e. The fourth-order valence-corrected chi connectivity index (χ4v) is 2.89. The summed E-state index contributed by atoms with van der Waals surface area (Å²) in [4.78, 5) is 13.4. The van der Waals surface area contributed by atoms with E-state index < -0.39 is 0 Å². The third-order valence-corrected chi connectivity index (χ3v) is 4.16. The van der Waals surface area contributed by atoms with Gasteiger partial charge in [-0.1, -0.05) is 48.5 Å². The molecule has 0 fully saturated rings. The minimum Gasteiger partial charge on any atom is -0.350 e. The van der Waals surface area contributed by atoms with Crippen LogP contribution < -0.4 is 11.1 Å². The first kappa shape index (κ1) is 16.2. The zero-order chi connectivity index (χ0) is 17.9. The van der Waals surface area contributed by atoms with Gasteiger partial charge in [0.25, 0.3) is 0 Å². The minimum absolute atomic E-state index is 0.444. The van der Waals surface area contributed by atoms with Gasteiger partial charge in [0.1, 0.15) is 11.5 Å². The molecular formula is C19H19N7. The standard InChI is InChI=1S/C19H19N7/c1-12-22-18(17-15-9-5-8-14(10-20)16(15)25-26-17)24-19(23-12)21-11-13-6-3-2-4-7-13/h2-9H,10-11,20H2,1H3,(H,25,26)(H,21,22,23,24). The van der Waals surface area contributed by atoms with Crippen LogP contribution in [0.25, 0.3) is 22.4 Å². The number of fused-ring (bicyclic) bond motifs is 1. The molecule has 0 saturated carbocycles. The van der Waals surface area contributed by atoms with Crippen LogP contribution in [0, 0.1) is 6.92 Å².